The zero-order valence-electron chi connectivity index (χ0n) is 21.6. The summed E-state index contributed by atoms with van der Waals surface area (Å²) in [6.07, 6.45) is 2.61. The summed E-state index contributed by atoms with van der Waals surface area (Å²) in [5, 5.41) is 15.5. The van der Waals surface area contributed by atoms with E-state index in [1.165, 1.54) is 4.90 Å². The monoisotopic (exact) mass is 528 g/mol. The van der Waals surface area contributed by atoms with Gasteiger partial charge in [0.1, 0.15) is 18.1 Å². The van der Waals surface area contributed by atoms with Crippen LogP contribution in [-0.2, 0) is 30.4 Å². The highest BCUT2D eigenvalue weighted by atomic mass is 16.4. The molecular weight excluding hydrogens is 492 g/mol. The van der Waals surface area contributed by atoms with E-state index in [-0.39, 0.29) is 31.7 Å². The molecule has 2 heterocycles. The summed E-state index contributed by atoms with van der Waals surface area (Å²) in [5.41, 5.74) is 13.1. The second kappa shape index (κ2) is 12.5. The van der Waals surface area contributed by atoms with Gasteiger partial charge in [0.05, 0.1) is 6.04 Å². The molecule has 1 aromatic carbocycles. The van der Waals surface area contributed by atoms with Crippen LogP contribution >= 0.6 is 0 Å². The Morgan fingerprint density at radius 1 is 1.16 bits per heavy atom. The van der Waals surface area contributed by atoms with Crippen molar-refractivity contribution in [1.82, 2.24) is 20.5 Å². The van der Waals surface area contributed by atoms with Crippen LogP contribution in [0.15, 0.2) is 30.5 Å². The van der Waals surface area contributed by atoms with Gasteiger partial charge in [-0.3, -0.25) is 19.2 Å². The van der Waals surface area contributed by atoms with Crippen molar-refractivity contribution in [3.63, 3.8) is 0 Å². The summed E-state index contributed by atoms with van der Waals surface area (Å²) < 4.78 is 0. The Kier molecular flexibility index (Phi) is 9.45. The Hall–Kier alpha value is -3.93. The molecule has 38 heavy (non-hydrogen) atoms. The highest BCUT2D eigenvalue weighted by molar-refractivity contribution is 5.95. The number of aromatic nitrogens is 1. The van der Waals surface area contributed by atoms with E-state index in [1.54, 1.807) is 13.8 Å². The second-order valence-corrected chi connectivity index (χ2v) is 9.99. The molecule has 1 aliphatic rings. The number of H-pyrrole nitrogens is 1. The predicted molar refractivity (Wildman–Crippen MR) is 139 cm³/mol. The number of carbonyl (C=O) groups is 5. The minimum atomic E-state index is -1.31. The van der Waals surface area contributed by atoms with Gasteiger partial charge in [-0.15, -0.1) is 0 Å². The molecule has 2 aromatic rings. The summed E-state index contributed by atoms with van der Waals surface area (Å²) >= 11 is 0. The lowest BCUT2D eigenvalue weighted by Gasteiger charge is -2.31. The standard InChI is InChI=1S/C26H36N6O6/c1-14(2)22(31-23(34)17(27)12-15-13-29-18-7-4-3-6-16(15)18)25(36)32-11-5-8-20(32)24(35)30-19(26(37)38)9-10-21(28)33/h3-4,6-7,13-14,17,19-20,22,29H,5,8-12,27H2,1-2H3,(H2,28,33)(H,30,35)(H,31,34)(H,37,38). The van der Waals surface area contributed by atoms with Crippen LogP contribution in [-0.4, -0.2) is 75.3 Å². The number of hydrogen-bond donors (Lipinski definition) is 6. The molecule has 206 valence electrons. The molecular formula is C26H36N6O6. The lowest BCUT2D eigenvalue weighted by molar-refractivity contribution is -0.145. The van der Waals surface area contributed by atoms with Crippen LogP contribution in [0.3, 0.4) is 0 Å². The van der Waals surface area contributed by atoms with Crippen LogP contribution in [0.2, 0.25) is 0 Å². The molecule has 1 aromatic heterocycles. The lowest BCUT2D eigenvalue weighted by atomic mass is 10.00. The number of nitrogens with zero attached hydrogens (tertiary/aromatic N) is 1. The van der Waals surface area contributed by atoms with Crippen molar-refractivity contribution in [2.45, 2.75) is 70.1 Å². The number of primary amides is 1. The molecule has 1 aliphatic heterocycles. The van der Waals surface area contributed by atoms with E-state index < -0.39 is 53.8 Å². The number of fused-ring (bicyclic) bond motifs is 1. The Balaban J connectivity index is 1.66. The van der Waals surface area contributed by atoms with Gasteiger partial charge in [0.25, 0.3) is 0 Å². The maximum atomic E-state index is 13.5. The van der Waals surface area contributed by atoms with Crippen molar-refractivity contribution in [3.05, 3.63) is 36.0 Å². The zero-order valence-corrected chi connectivity index (χ0v) is 21.6. The molecule has 4 atom stereocenters. The van der Waals surface area contributed by atoms with E-state index >= 15 is 0 Å². The molecule has 0 radical (unpaired) electrons. The van der Waals surface area contributed by atoms with E-state index in [1.807, 2.05) is 30.5 Å². The van der Waals surface area contributed by atoms with Gasteiger partial charge in [0.2, 0.25) is 23.6 Å². The summed E-state index contributed by atoms with van der Waals surface area (Å²) in [5.74, 6) is -3.82. The number of carboxylic acid groups (broad SMARTS) is 1. The number of nitrogens with one attached hydrogen (secondary N) is 3. The SMILES string of the molecule is CC(C)C(NC(=O)C(N)Cc1c[nH]c2ccccc12)C(=O)N1CCCC1C(=O)NC(CCC(N)=O)C(=O)O. The number of nitrogens with two attached hydrogens (primary N) is 2. The zero-order chi connectivity index (χ0) is 28.0. The van der Waals surface area contributed by atoms with Gasteiger partial charge in [-0.2, -0.15) is 0 Å². The minimum absolute atomic E-state index is 0.157. The molecule has 12 nitrogen and oxygen atoms in total. The van der Waals surface area contributed by atoms with Crippen molar-refractivity contribution in [2.75, 3.05) is 6.54 Å². The van der Waals surface area contributed by atoms with Crippen LogP contribution in [0.5, 0.6) is 0 Å². The van der Waals surface area contributed by atoms with E-state index in [4.69, 9.17) is 11.5 Å². The molecule has 12 heteroatoms. The molecule has 4 unspecified atom stereocenters. The van der Waals surface area contributed by atoms with Gasteiger partial charge >= 0.3 is 5.97 Å². The molecule has 0 bridgehead atoms. The van der Waals surface area contributed by atoms with Crippen molar-refractivity contribution >= 4 is 40.5 Å². The first-order chi connectivity index (χ1) is 18.0. The summed E-state index contributed by atoms with van der Waals surface area (Å²) in [6.45, 7) is 3.85. The molecule has 4 amide bonds. The number of aliphatic carboxylic acids is 1. The Morgan fingerprint density at radius 2 is 1.87 bits per heavy atom. The fourth-order valence-corrected chi connectivity index (χ4v) is 4.70. The Bertz CT molecular complexity index is 1190. The number of carboxylic acids is 1. The number of likely N-dealkylation sites (tertiary alicyclic amines) is 1. The number of rotatable bonds is 12. The van der Waals surface area contributed by atoms with Gasteiger partial charge in [-0.05, 0) is 43.2 Å². The third kappa shape index (κ3) is 6.88. The lowest BCUT2D eigenvalue weighted by Crippen LogP contribution is -2.58. The summed E-state index contributed by atoms with van der Waals surface area (Å²) in [7, 11) is 0. The van der Waals surface area contributed by atoms with Crippen molar-refractivity contribution < 1.29 is 29.1 Å². The summed E-state index contributed by atoms with van der Waals surface area (Å²) in [6, 6.07) is 3.65. The van der Waals surface area contributed by atoms with E-state index in [2.05, 4.69) is 15.6 Å². The van der Waals surface area contributed by atoms with Crippen LogP contribution < -0.4 is 22.1 Å². The number of carbonyl (C=O) groups excluding carboxylic acids is 4. The van der Waals surface area contributed by atoms with Gasteiger partial charge in [-0.25, -0.2) is 4.79 Å². The highest BCUT2D eigenvalue weighted by Crippen LogP contribution is 2.22. The van der Waals surface area contributed by atoms with Gasteiger partial charge in [0.15, 0.2) is 0 Å². The summed E-state index contributed by atoms with van der Waals surface area (Å²) in [4.78, 5) is 66.5. The molecule has 1 fully saturated rings. The van der Waals surface area contributed by atoms with Gasteiger partial charge < -0.3 is 37.1 Å². The molecule has 1 saturated heterocycles. The van der Waals surface area contributed by atoms with E-state index in [9.17, 15) is 29.1 Å². The molecule has 0 saturated carbocycles. The fourth-order valence-electron chi connectivity index (χ4n) is 4.70. The van der Waals surface area contributed by atoms with Crippen molar-refractivity contribution in [2.24, 2.45) is 17.4 Å². The van der Waals surface area contributed by atoms with Crippen LogP contribution in [0.1, 0.15) is 45.1 Å². The number of aromatic amines is 1. The second-order valence-electron chi connectivity index (χ2n) is 9.99. The first-order valence-corrected chi connectivity index (χ1v) is 12.7. The minimum Gasteiger partial charge on any atom is -0.480 e. The normalized spacial score (nSPS) is 17.7. The average molecular weight is 529 g/mol. The predicted octanol–water partition coefficient (Wildman–Crippen LogP) is 0.00440. The Labute approximate surface area is 220 Å². The van der Waals surface area contributed by atoms with E-state index in [0.29, 0.717) is 12.8 Å². The van der Waals surface area contributed by atoms with Crippen molar-refractivity contribution in [3.8, 4) is 0 Å². The first kappa shape index (κ1) is 28.6. The number of hydrogen-bond acceptors (Lipinski definition) is 6. The maximum Gasteiger partial charge on any atom is 0.326 e. The van der Waals surface area contributed by atoms with Crippen LogP contribution in [0.4, 0.5) is 0 Å². The van der Waals surface area contributed by atoms with Gasteiger partial charge in [-0.1, -0.05) is 32.0 Å². The molecule has 8 N–H and O–H groups in total. The molecule has 0 spiro atoms. The van der Waals surface area contributed by atoms with Gasteiger partial charge in [0, 0.05) is 30.1 Å². The smallest absolute Gasteiger partial charge is 0.326 e. The highest BCUT2D eigenvalue weighted by Gasteiger charge is 2.40. The first-order valence-electron chi connectivity index (χ1n) is 12.7. The van der Waals surface area contributed by atoms with Crippen LogP contribution in [0.25, 0.3) is 10.9 Å². The molecule has 3 rings (SSSR count). The number of para-hydroxylation sites is 1. The number of benzene rings is 1. The maximum absolute atomic E-state index is 13.5. The third-order valence-electron chi connectivity index (χ3n) is 6.81. The fraction of sp³-hybridized carbons (Fsp3) is 0.500. The number of amides is 4. The Morgan fingerprint density at radius 3 is 2.53 bits per heavy atom. The quantitative estimate of drug-likeness (QED) is 0.222. The topological polar surface area (TPSA) is 201 Å². The largest absolute Gasteiger partial charge is 0.480 e. The van der Waals surface area contributed by atoms with Crippen molar-refractivity contribution in [1.29, 1.82) is 0 Å². The van der Waals surface area contributed by atoms with Crippen LogP contribution in [0, 0.1) is 5.92 Å². The third-order valence-corrected chi connectivity index (χ3v) is 6.81. The molecule has 0 aliphatic carbocycles. The average Bonchev–Trinajstić information content (AvgIpc) is 3.51. The van der Waals surface area contributed by atoms with E-state index in [0.717, 1.165) is 16.5 Å².